The number of hydrogen-bond acceptors (Lipinski definition) is 3. The van der Waals surface area contributed by atoms with Crippen LogP contribution >= 0.6 is 0 Å². The lowest BCUT2D eigenvalue weighted by Crippen LogP contribution is -2.14. The molecule has 110 valence electrons. The number of carbonyl (C=O) groups is 1. The van der Waals surface area contributed by atoms with Crippen molar-refractivity contribution in [1.29, 1.82) is 0 Å². The van der Waals surface area contributed by atoms with Gasteiger partial charge < -0.3 is 10.1 Å². The zero-order chi connectivity index (χ0) is 15.4. The summed E-state index contributed by atoms with van der Waals surface area (Å²) in [4.78, 5) is 16.4. The number of rotatable bonds is 4. The highest BCUT2D eigenvalue weighted by atomic mass is 16.5. The molecule has 0 bridgehead atoms. The maximum Gasteiger partial charge on any atom is 0.228 e. The van der Waals surface area contributed by atoms with E-state index in [4.69, 9.17) is 4.74 Å². The Hall–Kier alpha value is -2.88. The lowest BCUT2D eigenvalue weighted by atomic mass is 10.1. The van der Waals surface area contributed by atoms with Crippen molar-refractivity contribution in [3.8, 4) is 5.75 Å². The van der Waals surface area contributed by atoms with Gasteiger partial charge in [-0.05, 0) is 29.8 Å². The van der Waals surface area contributed by atoms with Gasteiger partial charge in [0.05, 0.1) is 13.5 Å². The molecule has 0 spiro atoms. The van der Waals surface area contributed by atoms with Gasteiger partial charge in [0, 0.05) is 28.9 Å². The van der Waals surface area contributed by atoms with Crippen molar-refractivity contribution in [3.05, 3.63) is 66.5 Å². The van der Waals surface area contributed by atoms with E-state index in [9.17, 15) is 4.79 Å². The third kappa shape index (κ3) is 3.06. The molecule has 0 radical (unpaired) electrons. The minimum Gasteiger partial charge on any atom is -0.497 e. The highest BCUT2D eigenvalue weighted by Crippen LogP contribution is 2.22. The van der Waals surface area contributed by atoms with Crippen LogP contribution in [-0.4, -0.2) is 18.0 Å². The fourth-order valence-corrected chi connectivity index (χ4v) is 2.39. The number of benzene rings is 2. The number of anilines is 1. The van der Waals surface area contributed by atoms with Crippen LogP contribution in [-0.2, 0) is 11.2 Å². The number of ether oxygens (including phenoxy) is 1. The van der Waals surface area contributed by atoms with Crippen LogP contribution in [0.5, 0.6) is 5.75 Å². The highest BCUT2D eigenvalue weighted by molar-refractivity contribution is 6.02. The van der Waals surface area contributed by atoms with Gasteiger partial charge in [-0.3, -0.25) is 9.78 Å². The molecular formula is C18H16N2O2. The van der Waals surface area contributed by atoms with Gasteiger partial charge in [0.1, 0.15) is 5.75 Å². The van der Waals surface area contributed by atoms with Crippen LogP contribution in [0.1, 0.15) is 5.56 Å². The molecule has 4 heteroatoms. The lowest BCUT2D eigenvalue weighted by Gasteiger charge is -2.09. The summed E-state index contributed by atoms with van der Waals surface area (Å²) in [7, 11) is 1.61. The zero-order valence-corrected chi connectivity index (χ0v) is 12.2. The van der Waals surface area contributed by atoms with Crippen molar-refractivity contribution in [2.75, 3.05) is 12.4 Å². The summed E-state index contributed by atoms with van der Waals surface area (Å²) in [6, 6.07) is 15.2. The normalized spacial score (nSPS) is 10.4. The molecule has 0 atom stereocenters. The van der Waals surface area contributed by atoms with E-state index < -0.39 is 0 Å². The third-order valence-electron chi connectivity index (χ3n) is 3.45. The summed E-state index contributed by atoms with van der Waals surface area (Å²) in [6.07, 6.45) is 3.81. The molecule has 0 saturated carbocycles. The molecule has 4 nitrogen and oxygen atoms in total. The van der Waals surface area contributed by atoms with E-state index in [0.29, 0.717) is 6.42 Å². The van der Waals surface area contributed by atoms with Gasteiger partial charge >= 0.3 is 0 Å². The van der Waals surface area contributed by atoms with Crippen LogP contribution in [0.4, 0.5) is 5.69 Å². The van der Waals surface area contributed by atoms with E-state index in [1.165, 1.54) is 0 Å². The van der Waals surface area contributed by atoms with Crippen molar-refractivity contribution in [2.24, 2.45) is 0 Å². The molecule has 0 aliphatic carbocycles. The fraction of sp³-hybridized carbons (Fsp3) is 0.111. The summed E-state index contributed by atoms with van der Waals surface area (Å²) in [5.74, 6) is 0.694. The minimum atomic E-state index is -0.0578. The molecule has 1 amide bonds. The zero-order valence-electron chi connectivity index (χ0n) is 12.2. The smallest absolute Gasteiger partial charge is 0.228 e. The molecule has 0 unspecified atom stereocenters. The van der Waals surface area contributed by atoms with Crippen LogP contribution in [0, 0.1) is 0 Å². The quantitative estimate of drug-likeness (QED) is 0.801. The van der Waals surface area contributed by atoms with Crippen molar-refractivity contribution >= 4 is 22.4 Å². The molecule has 1 aromatic heterocycles. The molecule has 0 aliphatic rings. The summed E-state index contributed by atoms with van der Waals surface area (Å²) in [6.45, 7) is 0. The Morgan fingerprint density at radius 1 is 1.18 bits per heavy atom. The van der Waals surface area contributed by atoms with Gasteiger partial charge in [-0.15, -0.1) is 0 Å². The molecule has 1 heterocycles. The Labute approximate surface area is 128 Å². The number of nitrogens with zero attached hydrogens (tertiary/aromatic N) is 1. The molecule has 1 N–H and O–H groups in total. The minimum absolute atomic E-state index is 0.0578. The van der Waals surface area contributed by atoms with Crippen LogP contribution in [0.3, 0.4) is 0 Å². The van der Waals surface area contributed by atoms with Crippen molar-refractivity contribution < 1.29 is 9.53 Å². The Morgan fingerprint density at radius 2 is 2.05 bits per heavy atom. The number of carbonyl (C=O) groups excluding carboxylic acids is 1. The van der Waals surface area contributed by atoms with Gasteiger partial charge in [0.15, 0.2) is 0 Å². The highest BCUT2D eigenvalue weighted by Gasteiger charge is 2.07. The molecule has 2 aromatic carbocycles. The molecular weight excluding hydrogens is 276 g/mol. The monoisotopic (exact) mass is 292 g/mol. The van der Waals surface area contributed by atoms with Gasteiger partial charge in [0.2, 0.25) is 5.91 Å². The molecule has 3 aromatic rings. The largest absolute Gasteiger partial charge is 0.497 e. The standard InChI is InChI=1S/C18H16N2O2/c1-22-15-6-2-4-13(10-15)11-18(21)20-17-7-3-5-14-12-19-9-8-16(14)17/h2-10,12H,11H2,1H3,(H,20,21). The van der Waals surface area contributed by atoms with Gasteiger partial charge in [-0.1, -0.05) is 24.3 Å². The number of amides is 1. The van der Waals surface area contributed by atoms with Crippen molar-refractivity contribution in [3.63, 3.8) is 0 Å². The molecule has 0 saturated heterocycles. The topological polar surface area (TPSA) is 51.2 Å². The predicted molar refractivity (Wildman–Crippen MR) is 87.1 cm³/mol. The van der Waals surface area contributed by atoms with E-state index in [1.807, 2.05) is 48.5 Å². The second-order valence-electron chi connectivity index (χ2n) is 4.98. The Bertz CT molecular complexity index is 810. The van der Waals surface area contributed by atoms with Crippen LogP contribution in [0.15, 0.2) is 60.9 Å². The molecule has 3 rings (SSSR count). The SMILES string of the molecule is COc1cccc(CC(=O)Nc2cccc3cnccc23)c1. The summed E-state index contributed by atoms with van der Waals surface area (Å²) in [5.41, 5.74) is 1.71. The summed E-state index contributed by atoms with van der Waals surface area (Å²) < 4.78 is 5.17. The maximum absolute atomic E-state index is 12.3. The number of pyridine rings is 1. The van der Waals surface area contributed by atoms with E-state index in [2.05, 4.69) is 10.3 Å². The first-order valence-electron chi connectivity index (χ1n) is 7.02. The second-order valence-corrected chi connectivity index (χ2v) is 4.98. The first-order valence-corrected chi connectivity index (χ1v) is 7.02. The average molecular weight is 292 g/mol. The molecule has 0 aliphatic heterocycles. The Balaban J connectivity index is 1.78. The van der Waals surface area contributed by atoms with Gasteiger partial charge in [0.25, 0.3) is 0 Å². The van der Waals surface area contributed by atoms with E-state index in [1.54, 1.807) is 19.5 Å². The molecule has 22 heavy (non-hydrogen) atoms. The molecule has 0 fully saturated rings. The van der Waals surface area contributed by atoms with Gasteiger partial charge in [-0.25, -0.2) is 0 Å². The number of hydrogen-bond donors (Lipinski definition) is 1. The Morgan fingerprint density at radius 3 is 2.91 bits per heavy atom. The third-order valence-corrected chi connectivity index (χ3v) is 3.45. The maximum atomic E-state index is 12.3. The number of methoxy groups -OCH3 is 1. The van der Waals surface area contributed by atoms with Crippen molar-refractivity contribution in [1.82, 2.24) is 4.98 Å². The van der Waals surface area contributed by atoms with E-state index in [0.717, 1.165) is 27.8 Å². The van der Waals surface area contributed by atoms with E-state index >= 15 is 0 Å². The fourth-order valence-electron chi connectivity index (χ4n) is 2.39. The van der Waals surface area contributed by atoms with E-state index in [-0.39, 0.29) is 5.91 Å². The van der Waals surface area contributed by atoms with Crippen LogP contribution < -0.4 is 10.1 Å². The lowest BCUT2D eigenvalue weighted by molar-refractivity contribution is -0.115. The second kappa shape index (κ2) is 6.26. The van der Waals surface area contributed by atoms with Gasteiger partial charge in [-0.2, -0.15) is 0 Å². The number of nitrogens with one attached hydrogen (secondary N) is 1. The van der Waals surface area contributed by atoms with Crippen LogP contribution in [0.25, 0.3) is 10.8 Å². The van der Waals surface area contributed by atoms with Crippen LogP contribution in [0.2, 0.25) is 0 Å². The number of fused-ring (bicyclic) bond motifs is 1. The summed E-state index contributed by atoms with van der Waals surface area (Å²) in [5, 5.41) is 4.95. The van der Waals surface area contributed by atoms with Crippen molar-refractivity contribution in [2.45, 2.75) is 6.42 Å². The Kier molecular flexibility index (Phi) is 4.01. The summed E-state index contributed by atoms with van der Waals surface area (Å²) >= 11 is 0. The first-order chi connectivity index (χ1) is 10.8. The average Bonchev–Trinajstić information content (AvgIpc) is 2.55. The first kappa shape index (κ1) is 14.1. The predicted octanol–water partition coefficient (Wildman–Crippen LogP) is 3.42. The number of aromatic nitrogens is 1.